The highest BCUT2D eigenvalue weighted by atomic mass is 16.4. The van der Waals surface area contributed by atoms with Crippen LogP contribution in [0.2, 0.25) is 0 Å². The Balaban J connectivity index is 2.04. The third kappa shape index (κ3) is 4.32. The van der Waals surface area contributed by atoms with Crippen LogP contribution in [0.1, 0.15) is 25.3 Å². The third-order valence-corrected chi connectivity index (χ3v) is 4.13. The van der Waals surface area contributed by atoms with E-state index in [2.05, 4.69) is 5.32 Å². The number of carbonyl (C=O) groups excluding carboxylic acids is 2. The highest BCUT2D eigenvalue weighted by Gasteiger charge is 2.36. The Morgan fingerprint density at radius 3 is 2.58 bits per heavy atom. The summed E-state index contributed by atoms with van der Waals surface area (Å²) < 4.78 is 0. The molecule has 1 aliphatic heterocycles. The zero-order chi connectivity index (χ0) is 17.7. The quantitative estimate of drug-likeness (QED) is 0.685. The molecule has 1 heterocycles. The summed E-state index contributed by atoms with van der Waals surface area (Å²) >= 11 is 0. The molecular formula is C17H23N3O4. The maximum Gasteiger partial charge on any atom is 0.326 e. The number of rotatable bonds is 6. The minimum absolute atomic E-state index is 0.190. The van der Waals surface area contributed by atoms with Crippen LogP contribution in [0, 0.1) is 0 Å². The van der Waals surface area contributed by atoms with Crippen molar-refractivity contribution in [3.63, 3.8) is 0 Å². The van der Waals surface area contributed by atoms with Gasteiger partial charge in [-0.05, 0) is 25.3 Å². The molecule has 1 aromatic rings. The summed E-state index contributed by atoms with van der Waals surface area (Å²) in [4.78, 5) is 37.5. The number of hydrogen-bond donors (Lipinski definition) is 3. The van der Waals surface area contributed by atoms with E-state index >= 15 is 0 Å². The van der Waals surface area contributed by atoms with Crippen molar-refractivity contribution in [3.8, 4) is 0 Å². The van der Waals surface area contributed by atoms with Crippen LogP contribution in [0.3, 0.4) is 0 Å². The molecule has 24 heavy (non-hydrogen) atoms. The van der Waals surface area contributed by atoms with Gasteiger partial charge in [0.1, 0.15) is 12.1 Å². The van der Waals surface area contributed by atoms with Crippen LogP contribution in [-0.2, 0) is 20.8 Å². The molecule has 2 amide bonds. The monoisotopic (exact) mass is 333 g/mol. The molecule has 0 saturated carbocycles. The summed E-state index contributed by atoms with van der Waals surface area (Å²) in [5, 5.41) is 11.9. The molecule has 4 N–H and O–H groups in total. The Hall–Kier alpha value is -2.41. The summed E-state index contributed by atoms with van der Waals surface area (Å²) in [6, 6.07) is 6.72. The number of carbonyl (C=O) groups is 3. The average Bonchev–Trinajstić information content (AvgIpc) is 3.03. The van der Waals surface area contributed by atoms with Gasteiger partial charge in [-0.2, -0.15) is 0 Å². The summed E-state index contributed by atoms with van der Waals surface area (Å²) in [5.74, 6) is -1.83. The van der Waals surface area contributed by atoms with Gasteiger partial charge in [-0.3, -0.25) is 9.59 Å². The predicted molar refractivity (Wildman–Crippen MR) is 88.1 cm³/mol. The number of nitrogens with two attached hydrogens (primary N) is 1. The van der Waals surface area contributed by atoms with E-state index in [9.17, 15) is 19.5 Å². The van der Waals surface area contributed by atoms with Gasteiger partial charge in [-0.15, -0.1) is 0 Å². The lowest BCUT2D eigenvalue weighted by molar-refractivity contribution is -0.144. The van der Waals surface area contributed by atoms with E-state index in [1.165, 1.54) is 4.90 Å². The number of carboxylic acids is 1. The van der Waals surface area contributed by atoms with Crippen LogP contribution in [-0.4, -0.2) is 52.5 Å². The van der Waals surface area contributed by atoms with E-state index in [0.29, 0.717) is 19.4 Å². The number of nitrogens with zero attached hydrogens (tertiary/aromatic N) is 1. The summed E-state index contributed by atoms with van der Waals surface area (Å²) in [6.45, 7) is 2.04. The second-order valence-electron chi connectivity index (χ2n) is 6.07. The van der Waals surface area contributed by atoms with Crippen LogP contribution in [0.5, 0.6) is 0 Å². The zero-order valence-corrected chi connectivity index (χ0v) is 13.6. The third-order valence-electron chi connectivity index (χ3n) is 4.13. The molecule has 7 nitrogen and oxygen atoms in total. The fraction of sp³-hybridized carbons (Fsp3) is 0.471. The number of nitrogens with one attached hydrogen (secondary N) is 1. The van der Waals surface area contributed by atoms with Gasteiger partial charge in [0, 0.05) is 13.0 Å². The molecule has 0 aliphatic carbocycles. The van der Waals surface area contributed by atoms with Crippen molar-refractivity contribution in [1.82, 2.24) is 10.2 Å². The lowest BCUT2D eigenvalue weighted by atomic mass is 10.1. The first-order chi connectivity index (χ1) is 11.4. The van der Waals surface area contributed by atoms with Gasteiger partial charge in [0.2, 0.25) is 11.8 Å². The van der Waals surface area contributed by atoms with Crippen molar-refractivity contribution in [2.75, 3.05) is 6.54 Å². The van der Waals surface area contributed by atoms with Crippen LogP contribution in [0.15, 0.2) is 30.3 Å². The molecule has 1 saturated heterocycles. The van der Waals surface area contributed by atoms with Gasteiger partial charge in [0.15, 0.2) is 0 Å². The highest BCUT2D eigenvalue weighted by molar-refractivity contribution is 5.92. The van der Waals surface area contributed by atoms with E-state index in [0.717, 1.165) is 5.56 Å². The standard InChI is InChI=1S/C17H23N3O4/c1-11(18)16(22)20-9-5-8-14(20)15(21)19-13(17(23)24)10-12-6-3-2-4-7-12/h2-4,6-7,11,13-14H,5,8-10,18H2,1H3,(H,19,21)(H,23,24)/t11-,13+,14+/m1/s1. The predicted octanol–water partition coefficient (Wildman–Crippen LogP) is 0.137. The molecular weight excluding hydrogens is 310 g/mol. The molecule has 0 bridgehead atoms. The maximum absolute atomic E-state index is 12.5. The fourth-order valence-electron chi connectivity index (χ4n) is 2.88. The SMILES string of the molecule is C[C@@H](N)C(=O)N1CCC[C@H]1C(=O)N[C@@H](Cc1ccccc1)C(=O)O. The number of aliphatic carboxylic acids is 1. The van der Waals surface area contributed by atoms with Crippen LogP contribution >= 0.6 is 0 Å². The molecule has 0 aromatic heterocycles. The van der Waals surface area contributed by atoms with Gasteiger partial charge in [-0.25, -0.2) is 4.79 Å². The number of hydrogen-bond acceptors (Lipinski definition) is 4. The molecule has 1 aromatic carbocycles. The number of likely N-dealkylation sites (tertiary alicyclic amines) is 1. The van der Waals surface area contributed by atoms with E-state index in [1.54, 1.807) is 6.92 Å². The Kier molecular flexibility index (Phi) is 5.92. The van der Waals surface area contributed by atoms with E-state index in [4.69, 9.17) is 5.73 Å². The Labute approximate surface area is 140 Å². The van der Waals surface area contributed by atoms with Crippen molar-refractivity contribution in [2.45, 2.75) is 44.3 Å². The minimum atomic E-state index is -1.10. The van der Waals surface area contributed by atoms with Gasteiger partial charge >= 0.3 is 5.97 Å². The van der Waals surface area contributed by atoms with Crippen LogP contribution < -0.4 is 11.1 Å². The fourth-order valence-corrected chi connectivity index (χ4v) is 2.88. The summed E-state index contributed by atoms with van der Waals surface area (Å²) in [7, 11) is 0. The maximum atomic E-state index is 12.5. The molecule has 3 atom stereocenters. The smallest absolute Gasteiger partial charge is 0.326 e. The Morgan fingerprint density at radius 1 is 1.33 bits per heavy atom. The zero-order valence-electron chi connectivity index (χ0n) is 13.6. The topological polar surface area (TPSA) is 113 Å². The number of amides is 2. The Morgan fingerprint density at radius 2 is 2.00 bits per heavy atom. The highest BCUT2D eigenvalue weighted by Crippen LogP contribution is 2.18. The first-order valence-electron chi connectivity index (χ1n) is 8.03. The molecule has 130 valence electrons. The molecule has 1 aliphatic rings. The molecule has 1 fully saturated rings. The molecule has 0 radical (unpaired) electrons. The van der Waals surface area contributed by atoms with Crippen LogP contribution in [0.4, 0.5) is 0 Å². The number of carboxylic acid groups (broad SMARTS) is 1. The van der Waals surface area contributed by atoms with Crippen molar-refractivity contribution >= 4 is 17.8 Å². The minimum Gasteiger partial charge on any atom is -0.480 e. The van der Waals surface area contributed by atoms with Crippen molar-refractivity contribution < 1.29 is 19.5 Å². The van der Waals surface area contributed by atoms with Crippen molar-refractivity contribution in [1.29, 1.82) is 0 Å². The second-order valence-corrected chi connectivity index (χ2v) is 6.07. The second kappa shape index (κ2) is 7.92. The van der Waals surface area contributed by atoms with Gasteiger partial charge < -0.3 is 21.1 Å². The van der Waals surface area contributed by atoms with Gasteiger partial charge in [0.05, 0.1) is 6.04 Å². The van der Waals surface area contributed by atoms with Gasteiger partial charge in [0.25, 0.3) is 0 Å². The molecule has 2 rings (SSSR count). The lowest BCUT2D eigenvalue weighted by Gasteiger charge is -2.26. The first-order valence-corrected chi connectivity index (χ1v) is 8.03. The number of benzene rings is 1. The average molecular weight is 333 g/mol. The van der Waals surface area contributed by atoms with Gasteiger partial charge in [-0.1, -0.05) is 30.3 Å². The van der Waals surface area contributed by atoms with E-state index in [-0.39, 0.29) is 12.3 Å². The van der Waals surface area contributed by atoms with E-state index < -0.39 is 30.0 Å². The van der Waals surface area contributed by atoms with Crippen molar-refractivity contribution in [3.05, 3.63) is 35.9 Å². The summed E-state index contributed by atoms with van der Waals surface area (Å²) in [5.41, 5.74) is 6.43. The molecule has 0 unspecified atom stereocenters. The Bertz CT molecular complexity index is 603. The largest absolute Gasteiger partial charge is 0.480 e. The van der Waals surface area contributed by atoms with Crippen LogP contribution in [0.25, 0.3) is 0 Å². The molecule has 7 heteroatoms. The van der Waals surface area contributed by atoms with E-state index in [1.807, 2.05) is 30.3 Å². The summed E-state index contributed by atoms with van der Waals surface area (Å²) in [6.07, 6.45) is 1.41. The first kappa shape index (κ1) is 17.9. The lowest BCUT2D eigenvalue weighted by Crippen LogP contribution is -2.53. The molecule has 0 spiro atoms. The van der Waals surface area contributed by atoms with Crippen molar-refractivity contribution in [2.24, 2.45) is 5.73 Å². The normalized spacial score (nSPS) is 19.6.